The average molecular weight is 323 g/mol. The number of hydrogen-bond acceptors (Lipinski definition) is 1. The first-order valence-electron chi connectivity index (χ1n) is 10.4. The maximum Gasteiger partial charge on any atom is 0.146 e. The number of hydrogen-bond donors (Lipinski definition) is 0. The van der Waals surface area contributed by atoms with E-state index in [4.69, 9.17) is 4.43 Å². The van der Waals surface area contributed by atoms with Crippen molar-refractivity contribution in [2.45, 2.75) is 108 Å². The van der Waals surface area contributed by atoms with E-state index in [1.807, 2.05) is 0 Å². The van der Waals surface area contributed by atoms with E-state index in [-0.39, 0.29) is 0 Å². The van der Waals surface area contributed by atoms with Crippen LogP contribution < -0.4 is 0 Å². The summed E-state index contributed by atoms with van der Waals surface area (Å²) in [5, 5.41) is 0. The summed E-state index contributed by atoms with van der Waals surface area (Å²) in [6, 6.07) is 0. The van der Waals surface area contributed by atoms with E-state index < -0.39 is 0 Å². The summed E-state index contributed by atoms with van der Waals surface area (Å²) >= 11 is 0. The van der Waals surface area contributed by atoms with Gasteiger partial charge in [0.25, 0.3) is 0 Å². The van der Waals surface area contributed by atoms with E-state index in [2.05, 4.69) is 0 Å². The predicted octanol–water partition coefficient (Wildman–Crippen LogP) is 5.15. The van der Waals surface area contributed by atoms with Crippen LogP contribution in [-0.2, 0) is 4.43 Å². The van der Waals surface area contributed by atoms with Crippen molar-refractivity contribution < 1.29 is 4.43 Å². The lowest BCUT2D eigenvalue weighted by Crippen LogP contribution is -2.50. The van der Waals surface area contributed by atoms with Crippen LogP contribution in [0.4, 0.5) is 0 Å². The second kappa shape index (κ2) is 8.33. The molecule has 0 aromatic carbocycles. The first-order valence-corrected chi connectivity index (χ1v) is 11.2. The third-order valence-electron chi connectivity index (χ3n) is 7.30. The molecule has 0 aliphatic heterocycles. The number of rotatable bonds is 5. The molecule has 128 valence electrons. The minimum absolute atomic E-state index is 0.301. The maximum absolute atomic E-state index is 6.66. The zero-order chi connectivity index (χ0) is 15.3. The van der Waals surface area contributed by atoms with Crippen LogP contribution in [-0.4, -0.2) is 16.1 Å². The minimum atomic E-state index is 0.301. The van der Waals surface area contributed by atoms with Gasteiger partial charge < -0.3 is 4.43 Å². The molecule has 0 spiro atoms. The minimum Gasteiger partial charge on any atom is -0.422 e. The van der Waals surface area contributed by atoms with Crippen molar-refractivity contribution in [3.8, 4) is 0 Å². The molecule has 0 heterocycles. The fourth-order valence-electron chi connectivity index (χ4n) is 6.11. The Morgan fingerprint density at radius 2 is 1.05 bits per heavy atom. The normalized spacial score (nSPS) is 27.3. The Kier molecular flexibility index (Phi) is 6.44. The summed E-state index contributed by atoms with van der Waals surface area (Å²) in [6.45, 7) is 0. The fraction of sp³-hybridized carbons (Fsp3) is 1.00. The molecule has 3 aliphatic carbocycles. The van der Waals surface area contributed by atoms with Crippen LogP contribution in [0.25, 0.3) is 0 Å². The summed E-state index contributed by atoms with van der Waals surface area (Å²) in [7, 11) is 0.943. The van der Waals surface area contributed by atoms with Crippen LogP contribution in [0.5, 0.6) is 0 Å². The highest BCUT2D eigenvalue weighted by atomic mass is 28.2. The van der Waals surface area contributed by atoms with E-state index in [0.717, 1.165) is 28.2 Å². The molecule has 0 bridgehead atoms. The van der Waals surface area contributed by atoms with Crippen LogP contribution in [0.2, 0.25) is 0 Å². The summed E-state index contributed by atoms with van der Waals surface area (Å²) < 4.78 is 6.66. The topological polar surface area (TPSA) is 9.23 Å². The lowest BCUT2D eigenvalue weighted by molar-refractivity contribution is -0.0845. The van der Waals surface area contributed by atoms with Crippen molar-refractivity contribution in [1.82, 2.24) is 0 Å². The predicted molar refractivity (Wildman–Crippen MR) is 98.1 cm³/mol. The second-order valence-corrected chi connectivity index (χ2v) is 8.95. The third-order valence-corrected chi connectivity index (χ3v) is 8.07. The van der Waals surface area contributed by atoms with Crippen LogP contribution in [0.3, 0.4) is 0 Å². The summed E-state index contributed by atoms with van der Waals surface area (Å²) in [6.07, 6.45) is 23.5. The van der Waals surface area contributed by atoms with Gasteiger partial charge in [0, 0.05) is 0 Å². The Bertz CT molecular complexity index is 294. The van der Waals surface area contributed by atoms with Crippen molar-refractivity contribution in [3.05, 3.63) is 0 Å². The molecule has 0 radical (unpaired) electrons. The molecule has 2 heteroatoms. The molecule has 0 amide bonds. The highest BCUT2D eigenvalue weighted by molar-refractivity contribution is 5.98. The van der Waals surface area contributed by atoms with Gasteiger partial charge in [-0.05, 0) is 49.9 Å². The lowest BCUT2D eigenvalue weighted by Gasteiger charge is -2.51. The van der Waals surface area contributed by atoms with E-state index >= 15 is 0 Å². The third kappa shape index (κ3) is 3.80. The Balaban J connectivity index is 1.77. The molecule has 0 saturated heterocycles. The summed E-state index contributed by atoms with van der Waals surface area (Å²) in [4.78, 5) is 0. The highest BCUT2D eigenvalue weighted by Crippen LogP contribution is 2.49. The Labute approximate surface area is 141 Å². The molecule has 3 saturated carbocycles. The molecule has 0 unspecified atom stereocenters. The van der Waals surface area contributed by atoms with Gasteiger partial charge in [-0.25, -0.2) is 0 Å². The summed E-state index contributed by atoms with van der Waals surface area (Å²) in [5.41, 5.74) is 0.301. The van der Waals surface area contributed by atoms with Gasteiger partial charge in [-0.15, -0.1) is 0 Å². The van der Waals surface area contributed by atoms with Gasteiger partial charge in [0.1, 0.15) is 10.5 Å². The van der Waals surface area contributed by atoms with E-state index in [1.165, 1.54) is 103 Å². The van der Waals surface area contributed by atoms with Crippen LogP contribution in [0, 0.1) is 17.8 Å². The Hall–Kier alpha value is 0.177. The molecule has 3 aliphatic rings. The molecule has 0 aromatic rings. The van der Waals surface area contributed by atoms with Gasteiger partial charge >= 0.3 is 0 Å². The summed E-state index contributed by atoms with van der Waals surface area (Å²) in [5.74, 6) is 2.76. The van der Waals surface area contributed by atoms with Crippen molar-refractivity contribution in [2.75, 3.05) is 0 Å². The standard InChI is InChI=1S/C20H38OSi/c22-21-20(18-12-6-2-7-13-18,19-14-8-3-9-15-19)16-17-10-4-1-5-11-17/h17-19H,1-16H2,22H3. The highest BCUT2D eigenvalue weighted by Gasteiger charge is 2.46. The molecule has 0 aromatic heterocycles. The molecule has 3 rings (SSSR count). The van der Waals surface area contributed by atoms with Crippen molar-refractivity contribution in [1.29, 1.82) is 0 Å². The first-order chi connectivity index (χ1) is 10.8. The van der Waals surface area contributed by atoms with E-state index in [0.29, 0.717) is 5.60 Å². The van der Waals surface area contributed by atoms with Gasteiger partial charge in [0.15, 0.2) is 0 Å². The quantitative estimate of drug-likeness (QED) is 0.636. The molecule has 0 N–H and O–H groups in total. The second-order valence-electron chi connectivity index (χ2n) is 8.54. The SMILES string of the molecule is [SiH3]OC(CC1CCCCC1)(C1CCCCC1)C1CCCCC1. The van der Waals surface area contributed by atoms with Gasteiger partial charge in [-0.1, -0.05) is 70.6 Å². The Morgan fingerprint density at radius 1 is 0.636 bits per heavy atom. The zero-order valence-corrected chi connectivity index (χ0v) is 17.0. The molecular weight excluding hydrogens is 284 g/mol. The van der Waals surface area contributed by atoms with Crippen molar-refractivity contribution >= 4 is 10.5 Å². The van der Waals surface area contributed by atoms with Crippen LogP contribution in [0.1, 0.15) is 103 Å². The van der Waals surface area contributed by atoms with Gasteiger partial charge in [-0.2, -0.15) is 0 Å². The molecule has 1 nitrogen and oxygen atoms in total. The van der Waals surface area contributed by atoms with E-state index in [9.17, 15) is 0 Å². The maximum atomic E-state index is 6.66. The monoisotopic (exact) mass is 322 g/mol. The van der Waals surface area contributed by atoms with Gasteiger partial charge in [-0.3, -0.25) is 0 Å². The van der Waals surface area contributed by atoms with Crippen LogP contribution in [0.15, 0.2) is 0 Å². The molecule has 0 atom stereocenters. The zero-order valence-electron chi connectivity index (χ0n) is 15.0. The Morgan fingerprint density at radius 3 is 1.45 bits per heavy atom. The van der Waals surface area contributed by atoms with Gasteiger partial charge in [0.2, 0.25) is 0 Å². The van der Waals surface area contributed by atoms with E-state index in [1.54, 1.807) is 0 Å². The molecule has 22 heavy (non-hydrogen) atoms. The molecular formula is C20H38OSi. The van der Waals surface area contributed by atoms with Gasteiger partial charge in [0.05, 0.1) is 5.60 Å². The van der Waals surface area contributed by atoms with Crippen LogP contribution >= 0.6 is 0 Å². The average Bonchev–Trinajstić information content (AvgIpc) is 2.62. The smallest absolute Gasteiger partial charge is 0.146 e. The van der Waals surface area contributed by atoms with Crippen molar-refractivity contribution in [3.63, 3.8) is 0 Å². The fourth-order valence-corrected chi connectivity index (χ4v) is 6.94. The largest absolute Gasteiger partial charge is 0.422 e. The lowest BCUT2D eigenvalue weighted by atomic mass is 9.62. The van der Waals surface area contributed by atoms with Crippen molar-refractivity contribution in [2.24, 2.45) is 17.8 Å². The first kappa shape index (κ1) is 17.0. The molecule has 3 fully saturated rings.